The fraction of sp³-hybridized carbons (Fsp3) is 0.133. The van der Waals surface area contributed by atoms with Gasteiger partial charge in [-0.1, -0.05) is 6.07 Å². The second-order valence-electron chi connectivity index (χ2n) is 4.44. The van der Waals surface area contributed by atoms with Crippen LogP contribution < -0.4 is 14.8 Å². The van der Waals surface area contributed by atoms with Crippen molar-refractivity contribution in [3.8, 4) is 11.5 Å². The Labute approximate surface area is 145 Å². The summed E-state index contributed by atoms with van der Waals surface area (Å²) < 4.78 is 11.4. The molecular weight excluding hydrogens is 415 g/mol. The molecule has 0 saturated heterocycles. The third-order valence-electron chi connectivity index (χ3n) is 2.83. The van der Waals surface area contributed by atoms with Gasteiger partial charge in [-0.3, -0.25) is 14.9 Å². The number of anilines is 1. The monoisotopic (exact) mass is 428 g/mol. The predicted octanol–water partition coefficient (Wildman–Crippen LogP) is 3.23. The molecule has 0 radical (unpaired) electrons. The average molecular weight is 428 g/mol. The maximum absolute atomic E-state index is 11.9. The molecule has 0 aliphatic carbocycles. The molecule has 2 aromatic rings. The number of nitro benzene ring substituents is 1. The lowest BCUT2D eigenvalue weighted by Crippen LogP contribution is -2.20. The number of hydrogen-bond donors (Lipinski definition) is 1. The summed E-state index contributed by atoms with van der Waals surface area (Å²) in [5.41, 5.74) is 0.510. The van der Waals surface area contributed by atoms with Crippen molar-refractivity contribution in [2.24, 2.45) is 0 Å². The Morgan fingerprint density at radius 1 is 1.26 bits per heavy atom. The summed E-state index contributed by atoms with van der Waals surface area (Å²) in [7, 11) is 1.42. The smallest absolute Gasteiger partial charge is 0.273 e. The van der Waals surface area contributed by atoms with Gasteiger partial charge in [0.25, 0.3) is 11.6 Å². The predicted molar refractivity (Wildman–Crippen MR) is 92.9 cm³/mol. The zero-order valence-corrected chi connectivity index (χ0v) is 14.3. The van der Waals surface area contributed by atoms with E-state index in [0.29, 0.717) is 11.4 Å². The number of rotatable bonds is 6. The lowest BCUT2D eigenvalue weighted by atomic mass is 10.3. The summed E-state index contributed by atoms with van der Waals surface area (Å²) >= 11 is 2.14. The van der Waals surface area contributed by atoms with E-state index in [1.54, 1.807) is 6.07 Å². The number of nitrogens with one attached hydrogen (secondary N) is 1. The van der Waals surface area contributed by atoms with Crippen molar-refractivity contribution in [1.82, 2.24) is 0 Å². The van der Waals surface area contributed by atoms with Crippen molar-refractivity contribution in [3.05, 3.63) is 56.1 Å². The zero-order valence-electron chi connectivity index (χ0n) is 12.1. The number of amides is 1. The number of carbonyl (C=O) groups excluding carboxylic acids is 1. The van der Waals surface area contributed by atoms with E-state index in [1.807, 2.05) is 18.2 Å². The van der Waals surface area contributed by atoms with Gasteiger partial charge in [-0.25, -0.2) is 0 Å². The molecule has 7 nitrogen and oxygen atoms in total. The molecule has 1 amide bonds. The van der Waals surface area contributed by atoms with Crippen LogP contribution in [-0.4, -0.2) is 24.5 Å². The van der Waals surface area contributed by atoms with Crippen molar-refractivity contribution in [1.29, 1.82) is 0 Å². The van der Waals surface area contributed by atoms with Crippen LogP contribution in [0.15, 0.2) is 42.5 Å². The van der Waals surface area contributed by atoms with E-state index in [-0.39, 0.29) is 24.0 Å². The Morgan fingerprint density at radius 2 is 2.04 bits per heavy atom. The number of methoxy groups -OCH3 is 1. The summed E-state index contributed by atoms with van der Waals surface area (Å²) in [5.74, 6) is 0.0812. The minimum absolute atomic E-state index is 0.138. The first-order chi connectivity index (χ1) is 11.0. The third kappa shape index (κ3) is 4.81. The van der Waals surface area contributed by atoms with Crippen LogP contribution in [0.5, 0.6) is 11.5 Å². The standard InChI is InChI=1S/C15H13IN2O5/c1-22-13-6-5-12(18(20)21)8-14(13)23-9-15(19)17-11-4-2-3-10(16)7-11/h2-8H,9H2,1H3,(H,17,19). The number of nitrogens with zero attached hydrogens (tertiary/aromatic N) is 1. The van der Waals surface area contributed by atoms with Crippen molar-refractivity contribution < 1.29 is 19.2 Å². The molecular formula is C15H13IN2O5. The van der Waals surface area contributed by atoms with Gasteiger partial charge >= 0.3 is 0 Å². The van der Waals surface area contributed by atoms with E-state index in [9.17, 15) is 14.9 Å². The Bertz CT molecular complexity index is 736. The largest absolute Gasteiger partial charge is 0.493 e. The van der Waals surface area contributed by atoms with Gasteiger partial charge in [0.05, 0.1) is 18.1 Å². The highest BCUT2D eigenvalue weighted by atomic mass is 127. The molecule has 1 N–H and O–H groups in total. The molecule has 0 saturated carbocycles. The first-order valence-corrected chi connectivity index (χ1v) is 7.58. The molecule has 2 aromatic carbocycles. The summed E-state index contributed by atoms with van der Waals surface area (Å²) in [6.45, 7) is -0.289. The van der Waals surface area contributed by atoms with Gasteiger partial charge < -0.3 is 14.8 Å². The van der Waals surface area contributed by atoms with Crippen LogP contribution in [-0.2, 0) is 4.79 Å². The van der Waals surface area contributed by atoms with Crippen LogP contribution in [0.2, 0.25) is 0 Å². The average Bonchev–Trinajstić information content (AvgIpc) is 2.52. The van der Waals surface area contributed by atoms with Crippen LogP contribution in [0.25, 0.3) is 0 Å². The lowest BCUT2D eigenvalue weighted by molar-refractivity contribution is -0.385. The van der Waals surface area contributed by atoms with E-state index in [0.717, 1.165) is 3.57 Å². The van der Waals surface area contributed by atoms with E-state index in [1.165, 1.54) is 25.3 Å². The molecule has 0 aromatic heterocycles. The lowest BCUT2D eigenvalue weighted by Gasteiger charge is -2.10. The fourth-order valence-electron chi connectivity index (χ4n) is 1.80. The zero-order chi connectivity index (χ0) is 16.8. The fourth-order valence-corrected chi connectivity index (χ4v) is 2.34. The second-order valence-corrected chi connectivity index (χ2v) is 5.69. The van der Waals surface area contributed by atoms with Crippen molar-refractivity contribution in [2.75, 3.05) is 19.0 Å². The summed E-state index contributed by atoms with van der Waals surface area (Å²) in [6, 6.07) is 11.2. The number of benzene rings is 2. The number of ether oxygens (including phenoxy) is 2. The molecule has 0 unspecified atom stereocenters. The Kier molecular flexibility index (Phi) is 5.74. The molecule has 0 atom stereocenters. The van der Waals surface area contributed by atoms with Gasteiger partial charge in [-0.15, -0.1) is 0 Å². The third-order valence-corrected chi connectivity index (χ3v) is 3.50. The van der Waals surface area contributed by atoms with E-state index in [2.05, 4.69) is 27.9 Å². The Morgan fingerprint density at radius 3 is 2.70 bits per heavy atom. The quantitative estimate of drug-likeness (QED) is 0.434. The number of halogens is 1. The number of nitro groups is 1. The van der Waals surface area contributed by atoms with Gasteiger partial charge in [0, 0.05) is 15.3 Å². The van der Waals surface area contributed by atoms with E-state index in [4.69, 9.17) is 9.47 Å². The summed E-state index contributed by atoms with van der Waals surface area (Å²) in [5, 5.41) is 13.5. The van der Waals surface area contributed by atoms with Crippen LogP contribution in [0, 0.1) is 13.7 Å². The van der Waals surface area contributed by atoms with Crippen LogP contribution in [0.4, 0.5) is 11.4 Å². The maximum Gasteiger partial charge on any atom is 0.273 e. The van der Waals surface area contributed by atoms with E-state index < -0.39 is 4.92 Å². The minimum atomic E-state index is -0.543. The SMILES string of the molecule is COc1ccc([N+](=O)[O-])cc1OCC(=O)Nc1cccc(I)c1. The molecule has 23 heavy (non-hydrogen) atoms. The molecule has 0 aliphatic rings. The molecule has 0 heterocycles. The van der Waals surface area contributed by atoms with Gasteiger partial charge in [0.15, 0.2) is 18.1 Å². The Balaban J connectivity index is 2.03. The topological polar surface area (TPSA) is 90.7 Å². The molecule has 120 valence electrons. The molecule has 8 heteroatoms. The molecule has 2 rings (SSSR count). The summed E-state index contributed by atoms with van der Waals surface area (Å²) in [4.78, 5) is 22.2. The molecule has 0 aliphatic heterocycles. The normalized spacial score (nSPS) is 10.0. The summed E-state index contributed by atoms with van der Waals surface area (Å²) in [6.07, 6.45) is 0. The second kappa shape index (κ2) is 7.77. The molecule has 0 spiro atoms. The molecule has 0 bridgehead atoms. The van der Waals surface area contributed by atoms with Gasteiger partial charge in [-0.05, 0) is 46.9 Å². The van der Waals surface area contributed by atoms with Crippen LogP contribution in [0.3, 0.4) is 0 Å². The highest BCUT2D eigenvalue weighted by Gasteiger charge is 2.14. The first kappa shape index (κ1) is 17.0. The van der Waals surface area contributed by atoms with Crippen molar-refractivity contribution in [3.63, 3.8) is 0 Å². The first-order valence-electron chi connectivity index (χ1n) is 6.50. The Hall–Kier alpha value is -2.36. The number of carbonyl (C=O) groups is 1. The van der Waals surface area contributed by atoms with Crippen LogP contribution in [0.1, 0.15) is 0 Å². The van der Waals surface area contributed by atoms with Crippen molar-refractivity contribution >= 4 is 39.9 Å². The highest BCUT2D eigenvalue weighted by molar-refractivity contribution is 14.1. The maximum atomic E-state index is 11.9. The minimum Gasteiger partial charge on any atom is -0.493 e. The van der Waals surface area contributed by atoms with E-state index >= 15 is 0 Å². The van der Waals surface area contributed by atoms with Crippen LogP contribution >= 0.6 is 22.6 Å². The highest BCUT2D eigenvalue weighted by Crippen LogP contribution is 2.31. The van der Waals surface area contributed by atoms with Gasteiger partial charge in [0.1, 0.15) is 0 Å². The van der Waals surface area contributed by atoms with Gasteiger partial charge in [-0.2, -0.15) is 0 Å². The number of hydrogen-bond acceptors (Lipinski definition) is 5. The van der Waals surface area contributed by atoms with Crippen molar-refractivity contribution in [2.45, 2.75) is 0 Å². The number of non-ortho nitro benzene ring substituents is 1. The van der Waals surface area contributed by atoms with Gasteiger partial charge in [0.2, 0.25) is 0 Å². The molecule has 0 fully saturated rings.